The van der Waals surface area contributed by atoms with E-state index in [-0.39, 0.29) is 0 Å². The van der Waals surface area contributed by atoms with Crippen molar-refractivity contribution in [1.29, 1.82) is 0 Å². The molecule has 0 unspecified atom stereocenters. The first-order valence-electron chi connectivity index (χ1n) is 4.84. The van der Waals surface area contributed by atoms with Crippen LogP contribution in [0, 0.1) is 0 Å². The van der Waals surface area contributed by atoms with Gasteiger partial charge in [0.25, 0.3) is 0 Å². The van der Waals surface area contributed by atoms with Crippen molar-refractivity contribution >= 4 is 5.69 Å². The van der Waals surface area contributed by atoms with Crippen molar-refractivity contribution in [2.45, 2.75) is 19.9 Å². The lowest BCUT2D eigenvalue weighted by molar-refractivity contribution is 0.807. The van der Waals surface area contributed by atoms with E-state index in [1.54, 1.807) is 29.3 Å². The normalized spacial score (nSPS) is 10.6. The zero-order valence-electron chi connectivity index (χ0n) is 8.75. The Morgan fingerprint density at radius 3 is 2.67 bits per heavy atom. The second kappa shape index (κ2) is 4.08. The SMILES string of the molecule is CC(C)Nc1cnn(-c2ncccn2)c1. The standard InChI is InChI=1S/C10H13N5/c1-8(2)14-9-6-13-15(7-9)10-11-4-3-5-12-10/h3-8,14H,1-2H3. The first-order chi connectivity index (χ1) is 7.25. The number of nitrogens with one attached hydrogen (secondary N) is 1. The maximum Gasteiger partial charge on any atom is 0.250 e. The molecular weight excluding hydrogens is 190 g/mol. The summed E-state index contributed by atoms with van der Waals surface area (Å²) in [4.78, 5) is 8.21. The zero-order chi connectivity index (χ0) is 10.7. The van der Waals surface area contributed by atoms with Gasteiger partial charge in [-0.15, -0.1) is 0 Å². The summed E-state index contributed by atoms with van der Waals surface area (Å²) in [5, 5.41) is 7.42. The molecule has 0 atom stereocenters. The molecule has 0 saturated carbocycles. The van der Waals surface area contributed by atoms with Crippen molar-refractivity contribution in [3.05, 3.63) is 30.9 Å². The Labute approximate surface area is 88.2 Å². The van der Waals surface area contributed by atoms with Crippen molar-refractivity contribution in [2.75, 3.05) is 5.32 Å². The Hall–Kier alpha value is -1.91. The molecule has 0 aliphatic rings. The van der Waals surface area contributed by atoms with Crippen LogP contribution in [0.25, 0.3) is 5.95 Å². The van der Waals surface area contributed by atoms with Gasteiger partial charge in [0.1, 0.15) is 0 Å². The molecule has 0 spiro atoms. The summed E-state index contributed by atoms with van der Waals surface area (Å²) in [6.07, 6.45) is 7.02. The highest BCUT2D eigenvalue weighted by atomic mass is 15.3. The molecular formula is C10H13N5. The van der Waals surface area contributed by atoms with Gasteiger partial charge in [-0.2, -0.15) is 5.10 Å². The predicted molar refractivity (Wildman–Crippen MR) is 57.9 cm³/mol. The predicted octanol–water partition coefficient (Wildman–Crippen LogP) is 1.48. The van der Waals surface area contributed by atoms with E-state index in [2.05, 4.69) is 34.2 Å². The molecule has 0 bridgehead atoms. The van der Waals surface area contributed by atoms with E-state index in [9.17, 15) is 0 Å². The average Bonchev–Trinajstić information content (AvgIpc) is 2.67. The fourth-order valence-electron chi connectivity index (χ4n) is 1.25. The molecule has 0 aromatic carbocycles. The Balaban J connectivity index is 2.21. The fraction of sp³-hybridized carbons (Fsp3) is 0.300. The summed E-state index contributed by atoms with van der Waals surface area (Å²) >= 11 is 0. The monoisotopic (exact) mass is 203 g/mol. The van der Waals surface area contributed by atoms with Crippen LogP contribution in [0.5, 0.6) is 0 Å². The van der Waals surface area contributed by atoms with Crippen molar-refractivity contribution in [1.82, 2.24) is 19.7 Å². The lowest BCUT2D eigenvalue weighted by Crippen LogP contribution is -2.08. The van der Waals surface area contributed by atoms with Gasteiger partial charge in [-0.3, -0.25) is 0 Å². The Kier molecular flexibility index (Phi) is 2.62. The lowest BCUT2D eigenvalue weighted by atomic mass is 10.4. The molecule has 5 heteroatoms. The van der Waals surface area contributed by atoms with Gasteiger partial charge in [0.2, 0.25) is 5.95 Å². The Morgan fingerprint density at radius 1 is 1.27 bits per heavy atom. The largest absolute Gasteiger partial charge is 0.380 e. The van der Waals surface area contributed by atoms with Gasteiger partial charge in [-0.05, 0) is 19.9 Å². The molecule has 0 amide bonds. The summed E-state index contributed by atoms with van der Waals surface area (Å²) in [5.74, 6) is 0.578. The van der Waals surface area contributed by atoms with Crippen molar-refractivity contribution < 1.29 is 0 Å². The van der Waals surface area contributed by atoms with Crippen LogP contribution >= 0.6 is 0 Å². The summed E-state index contributed by atoms with van der Waals surface area (Å²) in [6, 6.07) is 2.17. The lowest BCUT2D eigenvalue weighted by Gasteiger charge is -2.05. The minimum Gasteiger partial charge on any atom is -0.380 e. The third-order valence-corrected chi connectivity index (χ3v) is 1.79. The Morgan fingerprint density at radius 2 is 2.00 bits per heavy atom. The maximum atomic E-state index is 4.17. The number of hydrogen-bond donors (Lipinski definition) is 1. The van der Waals surface area contributed by atoms with Crippen LogP contribution in [0.2, 0.25) is 0 Å². The molecule has 0 aliphatic carbocycles. The van der Waals surface area contributed by atoms with Gasteiger partial charge in [0, 0.05) is 18.4 Å². The van der Waals surface area contributed by atoms with Crippen LogP contribution < -0.4 is 5.32 Å². The van der Waals surface area contributed by atoms with E-state index < -0.39 is 0 Å². The number of nitrogens with zero attached hydrogens (tertiary/aromatic N) is 4. The highest BCUT2D eigenvalue weighted by molar-refractivity contribution is 5.40. The van der Waals surface area contributed by atoms with E-state index >= 15 is 0 Å². The van der Waals surface area contributed by atoms with Crippen LogP contribution in [0.3, 0.4) is 0 Å². The summed E-state index contributed by atoms with van der Waals surface area (Å²) in [6.45, 7) is 4.16. The molecule has 2 aromatic heterocycles. The summed E-state index contributed by atoms with van der Waals surface area (Å²) in [5.41, 5.74) is 0.970. The minimum atomic E-state index is 0.388. The van der Waals surface area contributed by atoms with Crippen molar-refractivity contribution in [3.8, 4) is 5.95 Å². The maximum absolute atomic E-state index is 4.17. The van der Waals surface area contributed by atoms with Gasteiger partial charge in [-0.1, -0.05) is 0 Å². The van der Waals surface area contributed by atoms with Crippen LogP contribution in [-0.2, 0) is 0 Å². The molecule has 78 valence electrons. The molecule has 2 aromatic rings. The van der Waals surface area contributed by atoms with Crippen molar-refractivity contribution in [2.24, 2.45) is 0 Å². The summed E-state index contributed by atoms with van der Waals surface area (Å²) in [7, 11) is 0. The molecule has 15 heavy (non-hydrogen) atoms. The van der Waals surface area contributed by atoms with E-state index in [0.717, 1.165) is 5.69 Å². The first kappa shape index (κ1) is 9.64. The molecule has 1 N–H and O–H groups in total. The van der Waals surface area contributed by atoms with E-state index in [4.69, 9.17) is 0 Å². The molecule has 0 saturated heterocycles. The number of aromatic nitrogens is 4. The second-order valence-electron chi connectivity index (χ2n) is 3.52. The van der Waals surface area contributed by atoms with Gasteiger partial charge in [0.05, 0.1) is 18.1 Å². The quantitative estimate of drug-likeness (QED) is 0.821. The fourth-order valence-corrected chi connectivity index (χ4v) is 1.25. The molecule has 0 fully saturated rings. The van der Waals surface area contributed by atoms with Crippen LogP contribution in [0.15, 0.2) is 30.9 Å². The molecule has 2 heterocycles. The molecule has 5 nitrogen and oxygen atoms in total. The van der Waals surface area contributed by atoms with E-state index in [1.807, 2.05) is 6.20 Å². The smallest absolute Gasteiger partial charge is 0.250 e. The van der Waals surface area contributed by atoms with E-state index in [0.29, 0.717) is 12.0 Å². The second-order valence-corrected chi connectivity index (χ2v) is 3.52. The number of rotatable bonds is 3. The zero-order valence-corrected chi connectivity index (χ0v) is 8.75. The minimum absolute atomic E-state index is 0.388. The van der Waals surface area contributed by atoms with Gasteiger partial charge in [-0.25, -0.2) is 14.6 Å². The third kappa shape index (κ3) is 2.31. The number of hydrogen-bond acceptors (Lipinski definition) is 4. The summed E-state index contributed by atoms with van der Waals surface area (Å²) < 4.78 is 1.64. The molecule has 2 rings (SSSR count). The van der Waals surface area contributed by atoms with Crippen LogP contribution in [0.1, 0.15) is 13.8 Å². The topological polar surface area (TPSA) is 55.6 Å². The third-order valence-electron chi connectivity index (χ3n) is 1.79. The first-order valence-corrected chi connectivity index (χ1v) is 4.84. The van der Waals surface area contributed by atoms with Gasteiger partial charge < -0.3 is 5.32 Å². The number of anilines is 1. The molecule has 0 aliphatic heterocycles. The Bertz CT molecular complexity index is 420. The van der Waals surface area contributed by atoms with Gasteiger partial charge in [0.15, 0.2) is 0 Å². The highest BCUT2D eigenvalue weighted by Gasteiger charge is 2.02. The molecule has 0 radical (unpaired) electrons. The van der Waals surface area contributed by atoms with Crippen LogP contribution in [0.4, 0.5) is 5.69 Å². The van der Waals surface area contributed by atoms with Crippen LogP contribution in [-0.4, -0.2) is 25.8 Å². The average molecular weight is 203 g/mol. The van der Waals surface area contributed by atoms with Gasteiger partial charge >= 0.3 is 0 Å². The van der Waals surface area contributed by atoms with E-state index in [1.165, 1.54) is 0 Å². The highest BCUT2D eigenvalue weighted by Crippen LogP contribution is 2.08. The van der Waals surface area contributed by atoms with Crippen molar-refractivity contribution in [3.63, 3.8) is 0 Å².